The molecule has 0 aliphatic carbocycles. The third-order valence-electron chi connectivity index (χ3n) is 6.94. The lowest BCUT2D eigenvalue weighted by atomic mass is 10.2. The fourth-order valence-corrected chi connectivity index (χ4v) is 4.52. The van der Waals surface area contributed by atoms with E-state index < -0.39 is 24.1 Å². The maximum atomic E-state index is 12.4. The van der Waals surface area contributed by atoms with Crippen molar-refractivity contribution in [2.75, 3.05) is 65.7 Å². The van der Waals surface area contributed by atoms with Gasteiger partial charge in [0.05, 0.1) is 13.2 Å². The van der Waals surface area contributed by atoms with Gasteiger partial charge in [0.2, 0.25) is 0 Å². The lowest BCUT2D eigenvalue weighted by molar-refractivity contribution is 0.0233. The Morgan fingerprint density at radius 2 is 1.07 bits per heavy atom. The highest BCUT2D eigenvalue weighted by atomic mass is 16.5. The number of rotatable bonds is 18. The first-order valence-corrected chi connectivity index (χ1v) is 15.0. The second kappa shape index (κ2) is 18.4. The van der Waals surface area contributed by atoms with E-state index in [1.165, 1.54) is 0 Å². The Morgan fingerprint density at radius 1 is 0.690 bits per heavy atom. The van der Waals surface area contributed by atoms with Crippen molar-refractivity contribution in [2.24, 2.45) is 0 Å². The number of carbonyl (C=O) groups is 2. The van der Waals surface area contributed by atoms with Gasteiger partial charge >= 0.3 is 11.9 Å². The summed E-state index contributed by atoms with van der Waals surface area (Å²) in [5.41, 5.74) is 0.708. The number of nitrogens with zero attached hydrogens (tertiary/aromatic N) is 2. The van der Waals surface area contributed by atoms with Crippen LogP contribution in [0.1, 0.15) is 60.2 Å². The van der Waals surface area contributed by atoms with E-state index in [1.54, 1.807) is 48.5 Å². The molecule has 1 heterocycles. The van der Waals surface area contributed by atoms with Crippen LogP contribution in [0.25, 0.3) is 0 Å². The molecule has 0 aromatic heterocycles. The third kappa shape index (κ3) is 11.2. The van der Waals surface area contributed by atoms with Crippen LogP contribution in [0.2, 0.25) is 0 Å². The Morgan fingerprint density at radius 3 is 1.45 bits per heavy atom. The highest BCUT2D eigenvalue weighted by molar-refractivity contribution is 5.93. The molecule has 2 unspecified atom stereocenters. The SMILES string of the molecule is CCCCOC(=O)c1ccccc1OCC(O)CN1CCN(CC(O)COc2ccccc2C(=O)OCCCC)CC1. The van der Waals surface area contributed by atoms with Crippen molar-refractivity contribution in [2.45, 2.75) is 51.7 Å². The first-order chi connectivity index (χ1) is 20.4. The van der Waals surface area contributed by atoms with E-state index in [2.05, 4.69) is 9.80 Å². The summed E-state index contributed by atoms with van der Waals surface area (Å²) in [6.07, 6.45) is 2.03. The molecule has 0 radical (unpaired) electrons. The van der Waals surface area contributed by atoms with Crippen molar-refractivity contribution >= 4 is 11.9 Å². The fourth-order valence-electron chi connectivity index (χ4n) is 4.52. The molecule has 3 rings (SSSR count). The Labute approximate surface area is 249 Å². The lowest BCUT2D eigenvalue weighted by Gasteiger charge is -2.36. The Balaban J connectivity index is 1.37. The molecule has 42 heavy (non-hydrogen) atoms. The molecular formula is C32H46N2O8. The number of aliphatic hydroxyl groups excluding tert-OH is 2. The lowest BCUT2D eigenvalue weighted by Crippen LogP contribution is -2.51. The van der Waals surface area contributed by atoms with Gasteiger partial charge in [-0.05, 0) is 37.1 Å². The number of aliphatic hydroxyl groups is 2. The molecular weight excluding hydrogens is 540 g/mol. The number of ether oxygens (including phenoxy) is 4. The molecule has 0 bridgehead atoms. The van der Waals surface area contributed by atoms with E-state index in [0.29, 0.717) is 48.9 Å². The van der Waals surface area contributed by atoms with Crippen LogP contribution in [0.4, 0.5) is 0 Å². The standard InChI is InChI=1S/C32H46N2O8/c1-3-5-19-39-31(37)27-11-7-9-13-29(27)41-23-25(35)21-33-15-17-34(18-16-33)22-26(36)24-42-30-14-10-8-12-28(30)32(38)40-20-6-4-2/h7-14,25-26,35-36H,3-6,15-24H2,1-2H3. The maximum absolute atomic E-state index is 12.4. The van der Waals surface area contributed by atoms with Gasteiger partial charge < -0.3 is 29.2 Å². The summed E-state index contributed by atoms with van der Waals surface area (Å²) in [4.78, 5) is 29.1. The molecule has 2 aromatic carbocycles. The van der Waals surface area contributed by atoms with E-state index in [4.69, 9.17) is 18.9 Å². The van der Waals surface area contributed by atoms with Gasteiger partial charge in [-0.1, -0.05) is 51.0 Å². The monoisotopic (exact) mass is 586 g/mol. The van der Waals surface area contributed by atoms with Gasteiger partial charge in [0.1, 0.15) is 48.0 Å². The second-order valence-electron chi connectivity index (χ2n) is 10.5. The summed E-state index contributed by atoms with van der Waals surface area (Å²) in [5.74, 6) is -0.0529. The summed E-state index contributed by atoms with van der Waals surface area (Å²) in [6.45, 7) is 8.73. The molecule has 1 aliphatic heterocycles. The Bertz CT molecular complexity index is 1000. The third-order valence-corrected chi connectivity index (χ3v) is 6.94. The molecule has 2 N–H and O–H groups in total. The highest BCUT2D eigenvalue weighted by Gasteiger charge is 2.23. The van der Waals surface area contributed by atoms with Crippen LogP contribution in [0.5, 0.6) is 11.5 Å². The minimum Gasteiger partial charge on any atom is -0.490 e. The van der Waals surface area contributed by atoms with Gasteiger partial charge in [-0.25, -0.2) is 9.59 Å². The number of benzene rings is 2. The Kier molecular flexibility index (Phi) is 14.6. The van der Waals surface area contributed by atoms with Gasteiger partial charge in [0.25, 0.3) is 0 Å². The van der Waals surface area contributed by atoms with Crippen LogP contribution in [-0.4, -0.2) is 110 Å². The van der Waals surface area contributed by atoms with Crippen LogP contribution in [0.3, 0.4) is 0 Å². The predicted molar refractivity (Wildman–Crippen MR) is 159 cm³/mol. The van der Waals surface area contributed by atoms with Gasteiger partial charge in [-0.2, -0.15) is 0 Å². The number of hydrogen-bond acceptors (Lipinski definition) is 10. The molecule has 0 saturated carbocycles. The first kappa shape index (κ1) is 33.3. The van der Waals surface area contributed by atoms with Crippen LogP contribution in [-0.2, 0) is 9.47 Å². The minimum atomic E-state index is -0.728. The van der Waals surface area contributed by atoms with Crippen LogP contribution in [0.15, 0.2) is 48.5 Å². The quantitative estimate of drug-likeness (QED) is 0.199. The van der Waals surface area contributed by atoms with E-state index in [9.17, 15) is 19.8 Å². The smallest absolute Gasteiger partial charge is 0.341 e. The Hall–Kier alpha value is -3.18. The molecule has 2 atom stereocenters. The van der Waals surface area contributed by atoms with Gasteiger partial charge in [0, 0.05) is 39.3 Å². The zero-order valence-corrected chi connectivity index (χ0v) is 24.9. The van der Waals surface area contributed by atoms with Crippen molar-refractivity contribution in [3.63, 3.8) is 0 Å². The summed E-state index contributed by atoms with van der Waals surface area (Å²) < 4.78 is 22.2. The minimum absolute atomic E-state index is 0.0587. The predicted octanol–water partition coefficient (Wildman–Crippen LogP) is 3.40. The topological polar surface area (TPSA) is 118 Å². The molecule has 1 fully saturated rings. The molecule has 10 nitrogen and oxygen atoms in total. The zero-order valence-electron chi connectivity index (χ0n) is 24.9. The number of para-hydroxylation sites is 2. The summed E-state index contributed by atoms with van der Waals surface area (Å²) in [6, 6.07) is 13.8. The van der Waals surface area contributed by atoms with Gasteiger partial charge in [-0.15, -0.1) is 0 Å². The van der Waals surface area contributed by atoms with Crippen LogP contribution < -0.4 is 9.47 Å². The largest absolute Gasteiger partial charge is 0.490 e. The van der Waals surface area contributed by atoms with Crippen molar-refractivity contribution in [3.8, 4) is 11.5 Å². The van der Waals surface area contributed by atoms with Crippen molar-refractivity contribution in [3.05, 3.63) is 59.7 Å². The summed E-state index contributed by atoms with van der Waals surface area (Å²) in [5, 5.41) is 21.2. The molecule has 10 heteroatoms. The first-order valence-electron chi connectivity index (χ1n) is 15.0. The normalized spacial score (nSPS) is 15.5. The molecule has 1 saturated heterocycles. The molecule has 1 aliphatic rings. The maximum Gasteiger partial charge on any atom is 0.341 e. The second-order valence-corrected chi connectivity index (χ2v) is 10.5. The average Bonchev–Trinajstić information content (AvgIpc) is 3.00. The number of β-amino-alcohol motifs (C(OH)–C–C–N with tert-alkyl or cyclic N) is 2. The van der Waals surface area contributed by atoms with Gasteiger partial charge in [-0.3, -0.25) is 9.80 Å². The number of unbranched alkanes of at least 4 members (excludes halogenated alkanes) is 2. The molecule has 0 amide bonds. The highest BCUT2D eigenvalue weighted by Crippen LogP contribution is 2.21. The fraction of sp³-hybridized carbons (Fsp3) is 0.562. The van der Waals surface area contributed by atoms with Crippen molar-refractivity contribution in [1.82, 2.24) is 9.80 Å². The average molecular weight is 587 g/mol. The number of piperazine rings is 1. The summed E-state index contributed by atoms with van der Waals surface area (Å²) in [7, 11) is 0. The van der Waals surface area contributed by atoms with Crippen molar-refractivity contribution < 1.29 is 38.7 Å². The van der Waals surface area contributed by atoms with Crippen LogP contribution >= 0.6 is 0 Å². The summed E-state index contributed by atoms with van der Waals surface area (Å²) >= 11 is 0. The van der Waals surface area contributed by atoms with Crippen molar-refractivity contribution in [1.29, 1.82) is 0 Å². The molecule has 0 spiro atoms. The van der Waals surface area contributed by atoms with E-state index in [-0.39, 0.29) is 13.2 Å². The molecule has 2 aromatic rings. The van der Waals surface area contributed by atoms with E-state index in [0.717, 1.165) is 51.9 Å². The van der Waals surface area contributed by atoms with Gasteiger partial charge in [0.15, 0.2) is 0 Å². The van der Waals surface area contributed by atoms with E-state index >= 15 is 0 Å². The van der Waals surface area contributed by atoms with Crippen LogP contribution in [0, 0.1) is 0 Å². The van der Waals surface area contributed by atoms with E-state index in [1.807, 2.05) is 13.8 Å². The molecule has 232 valence electrons. The number of esters is 2. The zero-order chi connectivity index (χ0) is 30.2. The number of hydrogen-bond donors (Lipinski definition) is 2. The number of carbonyl (C=O) groups excluding carboxylic acids is 2.